The van der Waals surface area contributed by atoms with Crippen molar-refractivity contribution in [3.63, 3.8) is 0 Å². The third kappa shape index (κ3) is 2.18. The topological polar surface area (TPSA) is 88.3 Å². The first-order valence-electron chi connectivity index (χ1n) is 7.09. The van der Waals surface area contributed by atoms with Crippen molar-refractivity contribution in [3.05, 3.63) is 46.1 Å². The third-order valence-corrected chi connectivity index (χ3v) is 4.99. The van der Waals surface area contributed by atoms with Gasteiger partial charge in [-0.1, -0.05) is 34.3 Å². The second-order valence-corrected chi connectivity index (χ2v) is 6.94. The van der Waals surface area contributed by atoms with Crippen LogP contribution in [0, 0.1) is 0 Å². The molecule has 1 aliphatic rings. The van der Waals surface area contributed by atoms with Gasteiger partial charge in [-0.05, 0) is 19.1 Å². The van der Waals surface area contributed by atoms with Gasteiger partial charge in [0, 0.05) is 16.9 Å². The molecule has 1 unspecified atom stereocenters. The normalized spacial score (nSPS) is 20.8. The Morgan fingerprint density at radius 2 is 2.17 bits per heavy atom. The third-order valence-electron chi connectivity index (χ3n) is 4.01. The summed E-state index contributed by atoms with van der Waals surface area (Å²) in [6.45, 7) is 1.58. The minimum absolute atomic E-state index is 0.0319. The zero-order valence-corrected chi connectivity index (χ0v) is 14.0. The summed E-state index contributed by atoms with van der Waals surface area (Å²) in [6, 6.07) is 8.65. The highest BCUT2D eigenvalue weighted by molar-refractivity contribution is 7.10. The predicted molar refractivity (Wildman–Crippen MR) is 87.6 cm³/mol. The van der Waals surface area contributed by atoms with Gasteiger partial charge in [0.25, 0.3) is 5.91 Å². The summed E-state index contributed by atoms with van der Waals surface area (Å²) in [7, 11) is 0. The van der Waals surface area contributed by atoms with Crippen LogP contribution in [0.15, 0.2) is 34.7 Å². The van der Waals surface area contributed by atoms with E-state index in [-0.39, 0.29) is 6.54 Å². The van der Waals surface area contributed by atoms with Crippen molar-refractivity contribution in [2.75, 3.05) is 0 Å². The molecule has 1 atom stereocenters. The molecular weight excluding hydrogens is 352 g/mol. The SMILES string of the molecule is CC1(c2cc3ccccc3o2)NC(=O)N(Cc2nnsc2Cl)C1=O. The van der Waals surface area contributed by atoms with Gasteiger partial charge >= 0.3 is 6.03 Å². The number of nitrogens with zero attached hydrogens (tertiary/aromatic N) is 3. The number of furan rings is 1. The van der Waals surface area contributed by atoms with E-state index < -0.39 is 17.5 Å². The number of aromatic nitrogens is 2. The molecule has 3 amide bonds. The quantitative estimate of drug-likeness (QED) is 0.724. The van der Waals surface area contributed by atoms with E-state index in [4.69, 9.17) is 16.0 Å². The number of carbonyl (C=O) groups excluding carboxylic acids is 2. The van der Waals surface area contributed by atoms with Crippen LogP contribution in [0.25, 0.3) is 11.0 Å². The Kier molecular flexibility index (Phi) is 3.33. The number of rotatable bonds is 3. The number of nitrogens with one attached hydrogen (secondary N) is 1. The molecule has 2 aromatic heterocycles. The maximum Gasteiger partial charge on any atom is 0.325 e. The first kappa shape index (κ1) is 15.1. The van der Waals surface area contributed by atoms with Crippen molar-refractivity contribution in [1.82, 2.24) is 19.8 Å². The van der Waals surface area contributed by atoms with Crippen LogP contribution in [0.5, 0.6) is 0 Å². The van der Waals surface area contributed by atoms with E-state index >= 15 is 0 Å². The molecule has 3 heterocycles. The lowest BCUT2D eigenvalue weighted by molar-refractivity contribution is -0.132. The molecule has 1 aliphatic heterocycles. The van der Waals surface area contributed by atoms with Crippen molar-refractivity contribution >= 4 is 46.0 Å². The summed E-state index contributed by atoms with van der Waals surface area (Å²) in [6.07, 6.45) is 0. The maximum atomic E-state index is 12.8. The summed E-state index contributed by atoms with van der Waals surface area (Å²) >= 11 is 6.97. The van der Waals surface area contributed by atoms with E-state index in [0.29, 0.717) is 21.4 Å². The van der Waals surface area contributed by atoms with Gasteiger partial charge in [0.15, 0.2) is 5.54 Å². The molecular formula is C15H11ClN4O3S. The van der Waals surface area contributed by atoms with Crippen LogP contribution in [0.4, 0.5) is 4.79 Å². The standard InChI is InChI=1S/C15H11ClN4O3S/c1-15(11-6-8-4-2-3-5-10(8)23-11)13(21)20(14(22)17-15)7-9-12(16)24-19-18-9/h2-6H,7H2,1H3,(H,17,22). The Morgan fingerprint density at radius 1 is 1.38 bits per heavy atom. The molecule has 1 aromatic carbocycles. The van der Waals surface area contributed by atoms with Crippen LogP contribution < -0.4 is 5.32 Å². The lowest BCUT2D eigenvalue weighted by atomic mass is 9.99. The molecule has 1 fully saturated rings. The van der Waals surface area contributed by atoms with Gasteiger partial charge in [-0.3, -0.25) is 9.69 Å². The maximum absolute atomic E-state index is 12.8. The van der Waals surface area contributed by atoms with Crippen LogP contribution in [-0.2, 0) is 16.9 Å². The molecule has 1 saturated heterocycles. The Bertz CT molecular complexity index is 935. The zero-order chi connectivity index (χ0) is 16.9. The van der Waals surface area contributed by atoms with Crippen molar-refractivity contribution in [2.45, 2.75) is 19.0 Å². The monoisotopic (exact) mass is 362 g/mol. The lowest BCUT2D eigenvalue weighted by Crippen LogP contribution is -2.40. The second kappa shape index (κ2) is 5.29. The van der Waals surface area contributed by atoms with Crippen LogP contribution in [0.1, 0.15) is 18.4 Å². The first-order valence-corrected chi connectivity index (χ1v) is 8.24. The smallest absolute Gasteiger partial charge is 0.325 e. The zero-order valence-electron chi connectivity index (χ0n) is 12.4. The van der Waals surface area contributed by atoms with Crippen LogP contribution in [0.2, 0.25) is 4.34 Å². The number of urea groups is 1. The highest BCUT2D eigenvalue weighted by atomic mass is 35.5. The molecule has 0 radical (unpaired) electrons. The van der Waals surface area contributed by atoms with Gasteiger partial charge in [0.05, 0.1) is 6.54 Å². The largest absolute Gasteiger partial charge is 0.458 e. The number of carbonyl (C=O) groups is 2. The van der Waals surface area contributed by atoms with E-state index in [1.165, 1.54) is 0 Å². The summed E-state index contributed by atoms with van der Waals surface area (Å²) in [5, 5.41) is 7.40. The number of hydrogen-bond donors (Lipinski definition) is 1. The Morgan fingerprint density at radius 3 is 2.88 bits per heavy atom. The summed E-state index contributed by atoms with van der Waals surface area (Å²) < 4.78 is 9.83. The molecule has 122 valence electrons. The van der Waals surface area contributed by atoms with E-state index in [9.17, 15) is 9.59 Å². The minimum atomic E-state index is -1.27. The summed E-state index contributed by atoms with van der Waals surface area (Å²) in [5.74, 6) is -0.0392. The molecule has 3 aromatic rings. The molecule has 0 bridgehead atoms. The van der Waals surface area contributed by atoms with Crippen molar-refractivity contribution in [1.29, 1.82) is 0 Å². The number of benzene rings is 1. The summed E-state index contributed by atoms with van der Waals surface area (Å²) in [5.41, 5.74) is -0.230. The van der Waals surface area contributed by atoms with Gasteiger partial charge in [0.1, 0.15) is 21.4 Å². The van der Waals surface area contributed by atoms with Gasteiger partial charge in [-0.15, -0.1) is 5.10 Å². The van der Waals surface area contributed by atoms with Gasteiger partial charge in [-0.2, -0.15) is 0 Å². The molecule has 7 nitrogen and oxygen atoms in total. The molecule has 1 N–H and O–H groups in total. The number of imide groups is 1. The van der Waals surface area contributed by atoms with Crippen molar-refractivity contribution in [3.8, 4) is 0 Å². The average molecular weight is 363 g/mol. The number of halogens is 1. The molecule has 24 heavy (non-hydrogen) atoms. The Hall–Kier alpha value is -2.45. The second-order valence-electron chi connectivity index (χ2n) is 5.59. The van der Waals surface area contributed by atoms with Crippen LogP contribution >= 0.6 is 23.1 Å². The van der Waals surface area contributed by atoms with Crippen LogP contribution in [0.3, 0.4) is 0 Å². The highest BCUT2D eigenvalue weighted by Gasteiger charge is 2.51. The molecule has 9 heteroatoms. The number of hydrogen-bond acceptors (Lipinski definition) is 6. The highest BCUT2D eigenvalue weighted by Crippen LogP contribution is 2.34. The van der Waals surface area contributed by atoms with Gasteiger partial charge in [-0.25, -0.2) is 4.79 Å². The van der Waals surface area contributed by atoms with Crippen molar-refractivity contribution in [2.24, 2.45) is 0 Å². The number of para-hydroxylation sites is 1. The fourth-order valence-electron chi connectivity index (χ4n) is 2.68. The van der Waals surface area contributed by atoms with Gasteiger partial charge in [0.2, 0.25) is 0 Å². The van der Waals surface area contributed by atoms with Crippen molar-refractivity contribution < 1.29 is 14.0 Å². The van der Waals surface area contributed by atoms with Gasteiger partial charge < -0.3 is 9.73 Å². The average Bonchev–Trinajstić information content (AvgIpc) is 3.22. The number of fused-ring (bicyclic) bond motifs is 1. The van der Waals surface area contributed by atoms with E-state index in [2.05, 4.69) is 14.9 Å². The van der Waals surface area contributed by atoms with Crippen LogP contribution in [-0.4, -0.2) is 26.4 Å². The van der Waals surface area contributed by atoms with E-state index in [1.807, 2.05) is 24.3 Å². The molecule has 0 aliphatic carbocycles. The van der Waals surface area contributed by atoms with E-state index in [1.54, 1.807) is 13.0 Å². The Labute approximate surface area is 145 Å². The molecule has 4 rings (SSSR count). The minimum Gasteiger partial charge on any atom is -0.458 e. The van der Waals surface area contributed by atoms with E-state index in [0.717, 1.165) is 21.8 Å². The predicted octanol–water partition coefficient (Wildman–Crippen LogP) is 2.90. The number of amides is 3. The first-order chi connectivity index (χ1) is 11.5. The molecule has 0 spiro atoms. The Balaban J connectivity index is 1.69. The fourth-order valence-corrected chi connectivity index (χ4v) is 3.29. The lowest BCUT2D eigenvalue weighted by Gasteiger charge is -2.18. The fraction of sp³-hybridized carbons (Fsp3) is 0.200. The summed E-state index contributed by atoms with van der Waals surface area (Å²) in [4.78, 5) is 26.2. The molecule has 0 saturated carbocycles.